The third kappa shape index (κ3) is 3.79. The Morgan fingerprint density at radius 2 is 1.85 bits per heavy atom. The van der Waals surface area contributed by atoms with Gasteiger partial charge in [-0.2, -0.15) is 0 Å². The number of benzene rings is 2. The van der Waals surface area contributed by atoms with Crippen LogP contribution in [0.5, 0.6) is 0 Å². The number of nitrogens with one attached hydrogen (secondary N) is 2. The molecule has 0 saturated carbocycles. The van der Waals surface area contributed by atoms with Gasteiger partial charge in [-0.05, 0) is 35.2 Å². The number of nitrogens with zero attached hydrogens (tertiary/aromatic N) is 1. The van der Waals surface area contributed by atoms with Crippen molar-refractivity contribution in [1.82, 2.24) is 9.88 Å². The number of hydrogen-bond acceptors (Lipinski definition) is 4. The monoisotopic (exact) mass is 349 g/mol. The molecule has 1 aliphatic rings. The molecule has 0 atom stereocenters. The highest BCUT2D eigenvalue weighted by Gasteiger charge is 2.09. The lowest BCUT2D eigenvalue weighted by Crippen LogP contribution is -2.39. The molecule has 1 aromatic heterocycles. The minimum Gasteiger partial charge on any atom is -0.384 e. The fourth-order valence-corrected chi connectivity index (χ4v) is 3.34. The van der Waals surface area contributed by atoms with Gasteiger partial charge in [0.15, 0.2) is 0 Å². The summed E-state index contributed by atoms with van der Waals surface area (Å²) in [6.07, 6.45) is 0. The molecule has 134 valence electrons. The van der Waals surface area contributed by atoms with Crippen LogP contribution in [0.3, 0.4) is 0 Å². The van der Waals surface area contributed by atoms with Gasteiger partial charge in [0.25, 0.3) is 5.56 Å². The zero-order valence-electron chi connectivity index (χ0n) is 14.7. The van der Waals surface area contributed by atoms with E-state index in [1.807, 2.05) is 48.5 Å². The highest BCUT2D eigenvalue weighted by molar-refractivity contribution is 5.87. The number of ether oxygens (including phenoxy) is 1. The molecule has 5 nitrogen and oxygen atoms in total. The second-order valence-electron chi connectivity index (χ2n) is 6.56. The van der Waals surface area contributed by atoms with E-state index in [0.717, 1.165) is 61.7 Å². The molecule has 0 amide bonds. The maximum Gasteiger partial charge on any atom is 0.256 e. The summed E-state index contributed by atoms with van der Waals surface area (Å²) >= 11 is 0. The smallest absolute Gasteiger partial charge is 0.256 e. The lowest BCUT2D eigenvalue weighted by molar-refractivity contribution is 0.0398. The van der Waals surface area contributed by atoms with E-state index in [0.29, 0.717) is 5.39 Å². The Kier molecular flexibility index (Phi) is 5.00. The van der Waals surface area contributed by atoms with Crippen molar-refractivity contribution in [2.24, 2.45) is 0 Å². The fourth-order valence-electron chi connectivity index (χ4n) is 3.34. The van der Waals surface area contributed by atoms with Crippen LogP contribution in [0, 0.1) is 0 Å². The quantitative estimate of drug-likeness (QED) is 0.744. The molecule has 5 heteroatoms. The summed E-state index contributed by atoms with van der Waals surface area (Å²) in [7, 11) is 0. The van der Waals surface area contributed by atoms with E-state index in [1.165, 1.54) is 0 Å². The zero-order valence-corrected chi connectivity index (χ0v) is 14.7. The number of pyridine rings is 1. The molecule has 0 aliphatic carbocycles. The van der Waals surface area contributed by atoms with Crippen LogP contribution in [0.4, 0.5) is 5.69 Å². The van der Waals surface area contributed by atoms with Gasteiger partial charge in [-0.15, -0.1) is 0 Å². The van der Waals surface area contributed by atoms with E-state index in [2.05, 4.69) is 21.3 Å². The van der Waals surface area contributed by atoms with Gasteiger partial charge in [-0.3, -0.25) is 9.69 Å². The molecule has 0 radical (unpaired) electrons. The predicted molar refractivity (Wildman–Crippen MR) is 106 cm³/mol. The predicted octanol–water partition coefficient (Wildman–Crippen LogP) is 2.94. The number of H-pyrrole nitrogens is 1. The van der Waals surface area contributed by atoms with Gasteiger partial charge in [-0.1, -0.05) is 30.3 Å². The molecule has 0 unspecified atom stereocenters. The average molecular weight is 349 g/mol. The molecule has 2 N–H and O–H groups in total. The van der Waals surface area contributed by atoms with Crippen molar-refractivity contribution in [2.45, 2.75) is 0 Å². The summed E-state index contributed by atoms with van der Waals surface area (Å²) in [4.78, 5) is 17.8. The number of hydrogen-bond donors (Lipinski definition) is 2. The molecule has 2 heterocycles. The molecular formula is C21H23N3O2. The van der Waals surface area contributed by atoms with Crippen LogP contribution in [0.15, 0.2) is 59.4 Å². The number of fused-ring (bicyclic) bond motifs is 1. The topological polar surface area (TPSA) is 57.4 Å². The average Bonchev–Trinajstić information content (AvgIpc) is 2.69. The molecule has 0 spiro atoms. The Bertz CT molecular complexity index is 931. The van der Waals surface area contributed by atoms with Crippen molar-refractivity contribution in [3.05, 3.63) is 65.0 Å². The van der Waals surface area contributed by atoms with Gasteiger partial charge in [-0.25, -0.2) is 0 Å². The van der Waals surface area contributed by atoms with Crippen LogP contribution in [0.2, 0.25) is 0 Å². The number of rotatable bonds is 5. The van der Waals surface area contributed by atoms with Crippen molar-refractivity contribution in [3.63, 3.8) is 0 Å². The first-order valence-corrected chi connectivity index (χ1v) is 9.06. The van der Waals surface area contributed by atoms with Crippen molar-refractivity contribution in [1.29, 1.82) is 0 Å². The van der Waals surface area contributed by atoms with Crippen LogP contribution >= 0.6 is 0 Å². The van der Waals surface area contributed by atoms with Crippen molar-refractivity contribution in [2.75, 3.05) is 44.7 Å². The van der Waals surface area contributed by atoms with E-state index >= 15 is 0 Å². The minimum atomic E-state index is -0.0544. The van der Waals surface area contributed by atoms with E-state index in [4.69, 9.17) is 4.74 Å². The molecule has 26 heavy (non-hydrogen) atoms. The number of anilines is 1. The second kappa shape index (κ2) is 7.72. The third-order valence-electron chi connectivity index (χ3n) is 4.79. The summed E-state index contributed by atoms with van der Waals surface area (Å²) < 4.78 is 5.38. The molecule has 1 fully saturated rings. The summed E-state index contributed by atoms with van der Waals surface area (Å²) in [5, 5.41) is 5.13. The molecule has 4 rings (SSSR count). The molecular weight excluding hydrogens is 326 g/mol. The Morgan fingerprint density at radius 3 is 2.65 bits per heavy atom. The maximum atomic E-state index is 12.4. The molecule has 0 bridgehead atoms. The van der Waals surface area contributed by atoms with Crippen molar-refractivity contribution in [3.8, 4) is 11.3 Å². The lowest BCUT2D eigenvalue weighted by atomic mass is 10.1. The first kappa shape index (κ1) is 16.8. The highest BCUT2D eigenvalue weighted by atomic mass is 16.5. The Labute approximate surface area is 152 Å². The highest BCUT2D eigenvalue weighted by Crippen LogP contribution is 2.22. The van der Waals surface area contributed by atoms with Crippen molar-refractivity contribution >= 4 is 16.5 Å². The normalized spacial score (nSPS) is 15.2. The Balaban J connectivity index is 1.52. The van der Waals surface area contributed by atoms with Crippen LogP contribution in [-0.4, -0.2) is 49.3 Å². The minimum absolute atomic E-state index is 0.0544. The van der Waals surface area contributed by atoms with Gasteiger partial charge in [0, 0.05) is 42.9 Å². The first-order valence-electron chi connectivity index (χ1n) is 9.06. The van der Waals surface area contributed by atoms with Crippen LogP contribution in [0.25, 0.3) is 22.0 Å². The summed E-state index contributed by atoms with van der Waals surface area (Å²) in [6, 6.07) is 17.9. The standard InChI is InChI=1S/C21H23N3O2/c25-21-19-7-6-18(22-8-9-24-10-12-26-13-11-24)14-17(19)15-20(23-21)16-4-2-1-3-5-16/h1-7,14-15,22H,8-13H2,(H,23,25). The SMILES string of the molecule is O=c1[nH]c(-c2ccccc2)cc2cc(NCCN3CCOCC3)ccc12. The number of aromatic nitrogens is 1. The number of aromatic amines is 1. The van der Waals surface area contributed by atoms with Crippen LogP contribution in [0.1, 0.15) is 0 Å². The third-order valence-corrected chi connectivity index (χ3v) is 4.79. The van der Waals surface area contributed by atoms with Gasteiger partial charge in [0.05, 0.1) is 13.2 Å². The zero-order chi connectivity index (χ0) is 17.8. The lowest BCUT2D eigenvalue weighted by Gasteiger charge is -2.26. The molecule has 1 aliphatic heterocycles. The largest absolute Gasteiger partial charge is 0.384 e. The van der Waals surface area contributed by atoms with E-state index < -0.39 is 0 Å². The Hall–Kier alpha value is -2.63. The molecule has 3 aromatic rings. The first-order chi connectivity index (χ1) is 12.8. The van der Waals surface area contributed by atoms with Gasteiger partial charge in [0.1, 0.15) is 0 Å². The second-order valence-corrected chi connectivity index (χ2v) is 6.56. The van der Waals surface area contributed by atoms with E-state index in [-0.39, 0.29) is 5.56 Å². The van der Waals surface area contributed by atoms with E-state index in [1.54, 1.807) is 0 Å². The molecule has 2 aromatic carbocycles. The summed E-state index contributed by atoms with van der Waals surface area (Å²) in [5.41, 5.74) is 2.84. The number of morpholine rings is 1. The van der Waals surface area contributed by atoms with Gasteiger partial charge < -0.3 is 15.0 Å². The van der Waals surface area contributed by atoms with Gasteiger partial charge >= 0.3 is 0 Å². The summed E-state index contributed by atoms with van der Waals surface area (Å²) in [6.45, 7) is 5.50. The fraction of sp³-hybridized carbons (Fsp3) is 0.286. The van der Waals surface area contributed by atoms with Crippen LogP contribution in [-0.2, 0) is 4.74 Å². The van der Waals surface area contributed by atoms with Crippen molar-refractivity contribution < 1.29 is 4.74 Å². The Morgan fingerprint density at radius 1 is 1.04 bits per heavy atom. The maximum absolute atomic E-state index is 12.4. The molecule has 1 saturated heterocycles. The van der Waals surface area contributed by atoms with E-state index in [9.17, 15) is 4.79 Å². The summed E-state index contributed by atoms with van der Waals surface area (Å²) in [5.74, 6) is 0. The van der Waals surface area contributed by atoms with Crippen LogP contribution < -0.4 is 10.9 Å². The van der Waals surface area contributed by atoms with Gasteiger partial charge in [0.2, 0.25) is 0 Å².